The summed E-state index contributed by atoms with van der Waals surface area (Å²) in [6.45, 7) is 7.35. The number of nitrogens with one attached hydrogen (secondary N) is 1. The second-order valence-electron chi connectivity index (χ2n) is 6.30. The third kappa shape index (κ3) is 4.04. The quantitative estimate of drug-likeness (QED) is 0.815. The molecule has 0 radical (unpaired) electrons. The first-order valence-corrected chi connectivity index (χ1v) is 8.27. The molecule has 1 aromatic rings. The summed E-state index contributed by atoms with van der Waals surface area (Å²) in [6.07, 6.45) is 6.04. The average molecular weight is 295 g/mol. The van der Waals surface area contributed by atoms with E-state index in [9.17, 15) is 0 Å². The van der Waals surface area contributed by atoms with E-state index in [1.54, 1.807) is 7.11 Å². The van der Waals surface area contributed by atoms with Crippen molar-refractivity contribution in [3.8, 4) is 0 Å². The fraction of sp³-hybridized carbons (Fsp3) is 0.875. The third-order valence-corrected chi connectivity index (χ3v) is 4.37. The van der Waals surface area contributed by atoms with Gasteiger partial charge in [0.25, 0.3) is 0 Å². The summed E-state index contributed by atoms with van der Waals surface area (Å²) >= 11 is 0. The van der Waals surface area contributed by atoms with E-state index in [1.807, 2.05) is 0 Å². The van der Waals surface area contributed by atoms with Gasteiger partial charge in [-0.1, -0.05) is 45.2 Å². The van der Waals surface area contributed by atoms with Crippen molar-refractivity contribution < 1.29 is 9.26 Å². The van der Waals surface area contributed by atoms with Crippen molar-refractivity contribution in [2.24, 2.45) is 5.92 Å². The Morgan fingerprint density at radius 1 is 1.29 bits per heavy atom. The van der Waals surface area contributed by atoms with E-state index in [4.69, 9.17) is 9.26 Å². The largest absolute Gasteiger partial charge is 0.373 e. The van der Waals surface area contributed by atoms with Gasteiger partial charge in [-0.3, -0.25) is 0 Å². The van der Waals surface area contributed by atoms with Crippen LogP contribution in [0, 0.1) is 5.92 Å². The second-order valence-corrected chi connectivity index (χ2v) is 6.30. The molecule has 0 aliphatic heterocycles. The number of hydrogen-bond donors (Lipinski definition) is 1. The molecule has 1 aliphatic rings. The van der Waals surface area contributed by atoms with Crippen molar-refractivity contribution in [2.75, 3.05) is 13.7 Å². The summed E-state index contributed by atoms with van der Waals surface area (Å²) in [5.41, 5.74) is 0. The van der Waals surface area contributed by atoms with Gasteiger partial charge in [0, 0.05) is 13.2 Å². The smallest absolute Gasteiger partial charge is 0.231 e. The van der Waals surface area contributed by atoms with Crippen LogP contribution in [0.15, 0.2) is 4.52 Å². The van der Waals surface area contributed by atoms with Gasteiger partial charge in [-0.15, -0.1) is 0 Å². The molecule has 120 valence electrons. The molecule has 3 unspecified atom stereocenters. The first-order chi connectivity index (χ1) is 10.2. The normalized spacial score (nSPS) is 25.0. The molecule has 0 bridgehead atoms. The Kier molecular flexibility index (Phi) is 6.18. The molecule has 1 aromatic heterocycles. The molecular formula is C16H29N3O2. The van der Waals surface area contributed by atoms with Gasteiger partial charge in [-0.2, -0.15) is 4.98 Å². The molecule has 0 saturated heterocycles. The summed E-state index contributed by atoms with van der Waals surface area (Å²) < 4.78 is 11.1. The van der Waals surface area contributed by atoms with Crippen molar-refractivity contribution >= 4 is 0 Å². The van der Waals surface area contributed by atoms with E-state index in [2.05, 4.69) is 36.2 Å². The maximum Gasteiger partial charge on any atom is 0.231 e. The Balaban J connectivity index is 2.17. The van der Waals surface area contributed by atoms with Crippen LogP contribution in [-0.2, 0) is 4.74 Å². The minimum atomic E-state index is -0.0918. The highest BCUT2D eigenvalue weighted by molar-refractivity contribution is 5.02. The predicted molar refractivity (Wildman–Crippen MR) is 82.2 cm³/mol. The van der Waals surface area contributed by atoms with E-state index in [0.29, 0.717) is 23.7 Å². The highest BCUT2D eigenvalue weighted by Crippen LogP contribution is 2.32. The highest BCUT2D eigenvalue weighted by Gasteiger charge is 2.30. The Labute approximate surface area is 127 Å². The van der Waals surface area contributed by atoms with E-state index < -0.39 is 0 Å². The van der Waals surface area contributed by atoms with Gasteiger partial charge in [0.15, 0.2) is 0 Å². The molecule has 0 amide bonds. The van der Waals surface area contributed by atoms with Crippen LogP contribution in [-0.4, -0.2) is 29.8 Å². The molecule has 1 N–H and O–H groups in total. The average Bonchev–Trinajstić information content (AvgIpc) is 2.80. The summed E-state index contributed by atoms with van der Waals surface area (Å²) in [5, 5.41) is 7.76. The van der Waals surface area contributed by atoms with Crippen molar-refractivity contribution in [1.29, 1.82) is 0 Å². The lowest BCUT2D eigenvalue weighted by molar-refractivity contribution is 0.0555. The maximum atomic E-state index is 5.59. The number of likely N-dealkylation sites (N-methyl/N-ethyl adjacent to an activating group) is 1. The summed E-state index contributed by atoms with van der Waals surface area (Å²) in [6, 6.07) is 0.450. The van der Waals surface area contributed by atoms with E-state index >= 15 is 0 Å². The third-order valence-electron chi connectivity index (χ3n) is 4.37. The van der Waals surface area contributed by atoms with Gasteiger partial charge < -0.3 is 14.6 Å². The maximum absolute atomic E-state index is 5.59. The van der Waals surface area contributed by atoms with Crippen molar-refractivity contribution in [3.05, 3.63) is 11.7 Å². The predicted octanol–water partition coefficient (Wildman–Crippen LogP) is 3.44. The topological polar surface area (TPSA) is 60.2 Å². The first-order valence-electron chi connectivity index (χ1n) is 8.27. The summed E-state index contributed by atoms with van der Waals surface area (Å²) in [4.78, 5) is 4.66. The molecule has 5 nitrogen and oxygen atoms in total. The van der Waals surface area contributed by atoms with Gasteiger partial charge in [0.05, 0.1) is 5.92 Å². The van der Waals surface area contributed by atoms with Crippen LogP contribution >= 0.6 is 0 Å². The van der Waals surface area contributed by atoms with E-state index in [0.717, 1.165) is 18.9 Å². The number of aromatic nitrogens is 2. The van der Waals surface area contributed by atoms with Gasteiger partial charge in [0.1, 0.15) is 6.10 Å². The van der Waals surface area contributed by atoms with Gasteiger partial charge in [-0.05, 0) is 25.3 Å². The standard InChI is InChI=1S/C16H29N3O2/c1-5-17-13-10-8-6-7-9-12(13)16-18-15(19-21-16)14(20-4)11(2)3/h11-14,17H,5-10H2,1-4H3. The summed E-state index contributed by atoms with van der Waals surface area (Å²) in [7, 11) is 1.70. The second kappa shape index (κ2) is 7.90. The molecule has 0 aromatic carbocycles. The lowest BCUT2D eigenvalue weighted by Crippen LogP contribution is -2.34. The van der Waals surface area contributed by atoms with Crippen LogP contribution in [0.3, 0.4) is 0 Å². The zero-order chi connectivity index (χ0) is 15.2. The zero-order valence-electron chi connectivity index (χ0n) is 13.8. The molecule has 21 heavy (non-hydrogen) atoms. The van der Waals surface area contributed by atoms with Crippen LogP contribution < -0.4 is 5.32 Å². The number of rotatable bonds is 6. The van der Waals surface area contributed by atoms with Gasteiger partial charge in [0.2, 0.25) is 11.7 Å². The zero-order valence-corrected chi connectivity index (χ0v) is 13.8. The molecule has 1 aliphatic carbocycles. The van der Waals surface area contributed by atoms with Crippen LogP contribution in [0.2, 0.25) is 0 Å². The van der Waals surface area contributed by atoms with Crippen LogP contribution in [0.1, 0.15) is 76.6 Å². The molecule has 0 spiro atoms. The van der Waals surface area contributed by atoms with Gasteiger partial charge in [-0.25, -0.2) is 0 Å². The van der Waals surface area contributed by atoms with Crippen LogP contribution in [0.4, 0.5) is 0 Å². The lowest BCUT2D eigenvalue weighted by Gasteiger charge is -2.22. The number of methoxy groups -OCH3 is 1. The molecule has 3 atom stereocenters. The first kappa shape index (κ1) is 16.4. The van der Waals surface area contributed by atoms with Gasteiger partial charge >= 0.3 is 0 Å². The molecule has 1 heterocycles. The molecule has 1 saturated carbocycles. The molecule has 1 fully saturated rings. The summed E-state index contributed by atoms with van der Waals surface area (Å²) in [5.74, 6) is 2.13. The fourth-order valence-electron chi connectivity index (χ4n) is 3.30. The van der Waals surface area contributed by atoms with Crippen LogP contribution in [0.25, 0.3) is 0 Å². The van der Waals surface area contributed by atoms with Crippen molar-refractivity contribution in [1.82, 2.24) is 15.5 Å². The number of ether oxygens (including phenoxy) is 1. The van der Waals surface area contributed by atoms with Crippen molar-refractivity contribution in [3.63, 3.8) is 0 Å². The molecule has 5 heteroatoms. The fourth-order valence-corrected chi connectivity index (χ4v) is 3.30. The van der Waals surface area contributed by atoms with Crippen LogP contribution in [0.5, 0.6) is 0 Å². The number of nitrogens with zero attached hydrogens (tertiary/aromatic N) is 2. The van der Waals surface area contributed by atoms with E-state index in [1.165, 1.54) is 25.7 Å². The SMILES string of the molecule is CCNC1CCCCCC1c1nc(C(OC)C(C)C)no1. The van der Waals surface area contributed by atoms with E-state index in [-0.39, 0.29) is 6.10 Å². The Morgan fingerprint density at radius 2 is 2.05 bits per heavy atom. The Bertz CT molecular complexity index is 419. The lowest BCUT2D eigenvalue weighted by atomic mass is 9.94. The highest BCUT2D eigenvalue weighted by atomic mass is 16.5. The Morgan fingerprint density at radius 3 is 2.71 bits per heavy atom. The minimum absolute atomic E-state index is 0.0918. The minimum Gasteiger partial charge on any atom is -0.373 e. The Hall–Kier alpha value is -0.940. The number of hydrogen-bond acceptors (Lipinski definition) is 5. The monoisotopic (exact) mass is 295 g/mol. The molecular weight excluding hydrogens is 266 g/mol. The molecule has 2 rings (SSSR count). The van der Waals surface area contributed by atoms with Crippen molar-refractivity contribution in [2.45, 2.75) is 70.9 Å².